The van der Waals surface area contributed by atoms with Gasteiger partial charge in [-0.2, -0.15) is 5.26 Å². The summed E-state index contributed by atoms with van der Waals surface area (Å²) in [5.74, 6) is -0.546. The lowest BCUT2D eigenvalue weighted by molar-refractivity contribution is -0.117. The summed E-state index contributed by atoms with van der Waals surface area (Å²) in [5.41, 5.74) is 7.09. The van der Waals surface area contributed by atoms with Gasteiger partial charge in [0.25, 0.3) is 5.91 Å². The topological polar surface area (TPSA) is 99.2 Å². The van der Waals surface area contributed by atoms with Crippen molar-refractivity contribution < 1.29 is 9.59 Å². The van der Waals surface area contributed by atoms with Crippen LogP contribution in [0, 0.1) is 11.3 Å². The van der Waals surface area contributed by atoms with Crippen LogP contribution >= 0.6 is 0 Å². The molecule has 27 heavy (non-hydrogen) atoms. The molecule has 0 aliphatic rings. The van der Waals surface area contributed by atoms with Crippen molar-refractivity contribution in [1.29, 1.82) is 5.26 Å². The minimum absolute atomic E-state index is 0.143. The van der Waals surface area contributed by atoms with E-state index in [0.717, 1.165) is 11.1 Å². The van der Waals surface area contributed by atoms with Crippen LogP contribution in [-0.4, -0.2) is 30.3 Å². The van der Waals surface area contributed by atoms with Gasteiger partial charge in [0.1, 0.15) is 11.6 Å². The first-order valence-electron chi connectivity index (χ1n) is 8.63. The van der Waals surface area contributed by atoms with Gasteiger partial charge in [0.2, 0.25) is 6.41 Å². The maximum atomic E-state index is 12.7. The van der Waals surface area contributed by atoms with Crippen LogP contribution in [0.2, 0.25) is 0 Å². The van der Waals surface area contributed by atoms with E-state index in [0.29, 0.717) is 25.9 Å². The lowest BCUT2D eigenvalue weighted by Crippen LogP contribution is -2.31. The summed E-state index contributed by atoms with van der Waals surface area (Å²) in [6.07, 6.45) is 2.41. The fraction of sp³-hybridized carbons (Fsp3) is 0.190. The van der Waals surface area contributed by atoms with Crippen molar-refractivity contribution in [1.82, 2.24) is 10.2 Å². The van der Waals surface area contributed by atoms with E-state index in [9.17, 15) is 14.9 Å². The van der Waals surface area contributed by atoms with E-state index in [1.165, 1.54) is 11.1 Å². The Balaban J connectivity index is 2.27. The highest BCUT2D eigenvalue weighted by molar-refractivity contribution is 5.97. The number of amides is 2. The van der Waals surface area contributed by atoms with Crippen molar-refractivity contribution in [3.8, 4) is 6.07 Å². The highest BCUT2D eigenvalue weighted by Gasteiger charge is 2.19. The van der Waals surface area contributed by atoms with Crippen LogP contribution in [0.25, 0.3) is 0 Å². The molecule has 0 heterocycles. The Kier molecular flexibility index (Phi) is 7.76. The number of rotatable bonds is 9. The Bertz CT molecular complexity index is 774. The zero-order valence-corrected chi connectivity index (χ0v) is 14.9. The molecule has 2 amide bonds. The number of carbonyl (C=O) groups excluding carboxylic acids is 2. The van der Waals surface area contributed by atoms with E-state index >= 15 is 0 Å². The van der Waals surface area contributed by atoms with Gasteiger partial charge in [0.05, 0.1) is 6.04 Å². The number of nitriles is 1. The molecule has 2 aromatic carbocycles. The predicted octanol–water partition coefficient (Wildman–Crippen LogP) is 2.11. The van der Waals surface area contributed by atoms with Gasteiger partial charge >= 0.3 is 0 Å². The van der Waals surface area contributed by atoms with E-state index < -0.39 is 11.9 Å². The van der Waals surface area contributed by atoms with Gasteiger partial charge in [-0.3, -0.25) is 9.59 Å². The van der Waals surface area contributed by atoms with Gasteiger partial charge in [0.15, 0.2) is 0 Å². The summed E-state index contributed by atoms with van der Waals surface area (Å²) in [7, 11) is 0. The van der Waals surface area contributed by atoms with E-state index in [2.05, 4.69) is 5.32 Å². The number of nitrogens with two attached hydrogens (primary N) is 1. The maximum Gasteiger partial charge on any atom is 0.264 e. The van der Waals surface area contributed by atoms with Crippen LogP contribution in [0.3, 0.4) is 0 Å². The number of nitrogens with one attached hydrogen (secondary N) is 1. The Morgan fingerprint density at radius 3 is 2.11 bits per heavy atom. The third-order valence-electron chi connectivity index (χ3n) is 3.96. The average Bonchev–Trinajstić information content (AvgIpc) is 2.73. The largest absolute Gasteiger partial charge is 0.340 e. The molecule has 138 valence electrons. The Morgan fingerprint density at radius 2 is 1.67 bits per heavy atom. The van der Waals surface area contributed by atoms with Gasteiger partial charge in [-0.05, 0) is 24.1 Å². The molecule has 0 aromatic heterocycles. The molecule has 0 fully saturated rings. The summed E-state index contributed by atoms with van der Waals surface area (Å²) < 4.78 is 0. The normalized spacial score (nSPS) is 10.9. The Hall–Kier alpha value is -3.43. The first kappa shape index (κ1) is 19.9. The number of hydrogen-bond donors (Lipinski definition) is 2. The van der Waals surface area contributed by atoms with Crippen LogP contribution in [0.4, 0.5) is 0 Å². The van der Waals surface area contributed by atoms with Gasteiger partial charge in [-0.15, -0.1) is 0 Å². The van der Waals surface area contributed by atoms with Gasteiger partial charge < -0.3 is 16.0 Å². The molecular formula is C21H22N4O2. The molecule has 0 aliphatic heterocycles. The van der Waals surface area contributed by atoms with Crippen LogP contribution in [0.15, 0.2) is 72.4 Å². The van der Waals surface area contributed by atoms with Crippen LogP contribution < -0.4 is 11.1 Å². The molecule has 2 aromatic rings. The average molecular weight is 362 g/mol. The minimum Gasteiger partial charge on any atom is -0.340 e. The molecule has 0 aliphatic carbocycles. The van der Waals surface area contributed by atoms with E-state index in [-0.39, 0.29) is 5.57 Å². The molecule has 0 spiro atoms. The lowest BCUT2D eigenvalue weighted by Gasteiger charge is -2.20. The molecule has 0 saturated carbocycles. The van der Waals surface area contributed by atoms with E-state index in [1.54, 1.807) is 0 Å². The van der Waals surface area contributed by atoms with E-state index in [4.69, 9.17) is 5.73 Å². The molecular weight excluding hydrogens is 340 g/mol. The monoisotopic (exact) mass is 362 g/mol. The molecule has 0 saturated heterocycles. The second kappa shape index (κ2) is 10.5. The zero-order chi connectivity index (χ0) is 19.5. The molecule has 0 radical (unpaired) electrons. The highest BCUT2D eigenvalue weighted by Crippen LogP contribution is 2.22. The molecule has 6 heteroatoms. The summed E-state index contributed by atoms with van der Waals surface area (Å²) in [4.78, 5) is 25.1. The summed E-state index contributed by atoms with van der Waals surface area (Å²) in [6.45, 7) is 0.760. The lowest BCUT2D eigenvalue weighted by atomic mass is 9.98. The minimum atomic E-state index is -0.546. The van der Waals surface area contributed by atoms with Crippen molar-refractivity contribution in [3.05, 3.63) is 83.6 Å². The standard InChI is InChI=1S/C21H22N4O2/c22-12-7-13-25(16-26)15-19(14-23)21(27)24-20(17-8-3-1-4-9-17)18-10-5-2-6-11-18/h1-6,8-11,15-16,20H,7,12-13,22H2,(H,24,27)/b19-15-. The molecule has 0 unspecified atom stereocenters. The maximum absolute atomic E-state index is 12.7. The first-order valence-corrected chi connectivity index (χ1v) is 8.63. The second-order valence-electron chi connectivity index (χ2n) is 5.87. The molecule has 6 nitrogen and oxygen atoms in total. The number of carbonyl (C=O) groups is 2. The fourth-order valence-electron chi connectivity index (χ4n) is 2.58. The smallest absolute Gasteiger partial charge is 0.264 e. The third kappa shape index (κ3) is 5.80. The molecule has 2 rings (SSSR count). The van der Waals surface area contributed by atoms with Crippen LogP contribution in [0.5, 0.6) is 0 Å². The number of benzene rings is 2. The van der Waals surface area contributed by atoms with Gasteiger partial charge in [-0.1, -0.05) is 60.7 Å². The van der Waals surface area contributed by atoms with E-state index in [1.807, 2.05) is 66.7 Å². The van der Waals surface area contributed by atoms with Crippen LogP contribution in [0.1, 0.15) is 23.6 Å². The summed E-state index contributed by atoms with van der Waals surface area (Å²) in [5, 5.41) is 12.3. The molecule has 0 bridgehead atoms. The summed E-state index contributed by atoms with van der Waals surface area (Å²) in [6, 6.07) is 20.4. The van der Waals surface area contributed by atoms with Crippen LogP contribution in [-0.2, 0) is 9.59 Å². The Morgan fingerprint density at radius 1 is 1.11 bits per heavy atom. The summed E-state index contributed by atoms with van der Waals surface area (Å²) >= 11 is 0. The van der Waals surface area contributed by atoms with Crippen molar-refractivity contribution in [2.45, 2.75) is 12.5 Å². The number of hydrogen-bond acceptors (Lipinski definition) is 4. The first-order chi connectivity index (χ1) is 13.2. The fourth-order valence-corrected chi connectivity index (χ4v) is 2.58. The molecule has 3 N–H and O–H groups in total. The zero-order valence-electron chi connectivity index (χ0n) is 14.9. The highest BCUT2D eigenvalue weighted by atomic mass is 16.2. The van der Waals surface area contributed by atoms with Gasteiger partial charge in [-0.25, -0.2) is 0 Å². The van der Waals surface area contributed by atoms with Crippen molar-refractivity contribution >= 4 is 12.3 Å². The second-order valence-corrected chi connectivity index (χ2v) is 5.87. The molecule has 0 atom stereocenters. The van der Waals surface area contributed by atoms with Crippen molar-refractivity contribution in [2.24, 2.45) is 5.73 Å². The third-order valence-corrected chi connectivity index (χ3v) is 3.96. The quantitative estimate of drug-likeness (QED) is 0.405. The van der Waals surface area contributed by atoms with Crippen molar-refractivity contribution in [2.75, 3.05) is 13.1 Å². The van der Waals surface area contributed by atoms with Crippen molar-refractivity contribution in [3.63, 3.8) is 0 Å². The number of nitrogens with zero attached hydrogens (tertiary/aromatic N) is 2. The Labute approximate surface area is 158 Å². The van der Waals surface area contributed by atoms with Gasteiger partial charge in [0, 0.05) is 12.7 Å². The SMILES string of the molecule is N#C/C(=C/N(C=O)CCCN)C(=O)NC(c1ccccc1)c1ccccc1. The predicted molar refractivity (Wildman–Crippen MR) is 103 cm³/mol.